The van der Waals surface area contributed by atoms with Crippen LogP contribution < -0.4 is 4.74 Å². The number of phenolic OH excluding ortho intramolecular Hbond substituents is 1. The molecule has 0 aliphatic carbocycles. The topological polar surface area (TPSA) is 132 Å². The van der Waals surface area contributed by atoms with Crippen LogP contribution in [-0.2, 0) is 9.53 Å². The number of aliphatic imine (C=N–C) groups is 1. The Morgan fingerprint density at radius 1 is 1.28 bits per heavy atom. The molecule has 0 spiro atoms. The van der Waals surface area contributed by atoms with Crippen LogP contribution in [-0.4, -0.2) is 52.7 Å². The molecule has 10 nitrogen and oxygen atoms in total. The standard InChI is InChI=1S/C21H19N3O7S/c1-4-23-19(26)17(11-12-9-15(24(28)29)18(25)16(10-12)30-2)32-21(23)22-14-7-5-13(6-8-14)20(27)31-3/h5-11,25H,4H2,1-3H3/b17-11+,22-21?. The van der Waals surface area contributed by atoms with Gasteiger partial charge in [0.25, 0.3) is 5.91 Å². The maximum Gasteiger partial charge on any atom is 0.337 e. The van der Waals surface area contributed by atoms with Gasteiger partial charge in [-0.05, 0) is 60.7 Å². The zero-order valence-corrected chi connectivity index (χ0v) is 18.2. The Morgan fingerprint density at radius 3 is 2.53 bits per heavy atom. The lowest BCUT2D eigenvalue weighted by molar-refractivity contribution is -0.386. The Hall–Kier alpha value is -3.86. The van der Waals surface area contributed by atoms with Crippen molar-refractivity contribution in [2.24, 2.45) is 4.99 Å². The fourth-order valence-electron chi connectivity index (χ4n) is 2.91. The molecule has 1 heterocycles. The quantitative estimate of drug-likeness (QED) is 0.300. The van der Waals surface area contributed by atoms with Crippen molar-refractivity contribution in [3.05, 3.63) is 62.5 Å². The molecule has 1 aliphatic rings. The molecule has 11 heteroatoms. The molecule has 0 radical (unpaired) electrons. The SMILES string of the molecule is CCN1C(=O)/C(=C\c2cc(OC)c(O)c([N+](=O)[O-])c2)SC1=Nc1ccc(C(=O)OC)cc1. The van der Waals surface area contributed by atoms with Gasteiger partial charge in [0, 0.05) is 12.6 Å². The number of hydrogen-bond donors (Lipinski definition) is 1. The van der Waals surface area contributed by atoms with Gasteiger partial charge in [-0.3, -0.25) is 19.8 Å². The zero-order valence-electron chi connectivity index (χ0n) is 17.4. The molecular formula is C21H19N3O7S. The fourth-order valence-corrected chi connectivity index (χ4v) is 3.98. The number of carbonyl (C=O) groups is 2. The second-order valence-electron chi connectivity index (χ2n) is 6.44. The van der Waals surface area contributed by atoms with Crippen LogP contribution in [0, 0.1) is 10.1 Å². The summed E-state index contributed by atoms with van der Waals surface area (Å²) in [5.74, 6) is -1.43. The Labute approximate surface area is 187 Å². The average molecular weight is 457 g/mol. The van der Waals surface area contributed by atoms with Gasteiger partial charge in [0.05, 0.1) is 35.3 Å². The summed E-state index contributed by atoms with van der Waals surface area (Å²) in [4.78, 5) is 41.2. The van der Waals surface area contributed by atoms with E-state index in [2.05, 4.69) is 9.73 Å². The van der Waals surface area contributed by atoms with E-state index in [0.717, 1.165) is 17.8 Å². The molecule has 32 heavy (non-hydrogen) atoms. The average Bonchev–Trinajstić information content (AvgIpc) is 3.08. The third-order valence-corrected chi connectivity index (χ3v) is 5.52. The van der Waals surface area contributed by atoms with E-state index in [4.69, 9.17) is 4.74 Å². The van der Waals surface area contributed by atoms with Crippen LogP contribution in [0.25, 0.3) is 6.08 Å². The van der Waals surface area contributed by atoms with Crippen molar-refractivity contribution in [1.29, 1.82) is 0 Å². The lowest BCUT2D eigenvalue weighted by Crippen LogP contribution is -2.28. The molecule has 0 saturated carbocycles. The Kier molecular flexibility index (Phi) is 6.79. The molecule has 1 saturated heterocycles. The third-order valence-electron chi connectivity index (χ3n) is 4.51. The van der Waals surface area contributed by atoms with Gasteiger partial charge in [0.2, 0.25) is 5.75 Å². The first-order valence-corrected chi connectivity index (χ1v) is 10.1. The highest BCUT2D eigenvalue weighted by atomic mass is 32.2. The van der Waals surface area contributed by atoms with Gasteiger partial charge in [-0.2, -0.15) is 0 Å². The monoisotopic (exact) mass is 457 g/mol. The molecule has 0 unspecified atom stereocenters. The molecule has 0 bridgehead atoms. The first-order chi connectivity index (χ1) is 15.3. The number of ether oxygens (including phenoxy) is 2. The van der Waals surface area contributed by atoms with Crippen molar-refractivity contribution in [2.75, 3.05) is 20.8 Å². The van der Waals surface area contributed by atoms with E-state index in [0.29, 0.717) is 33.4 Å². The summed E-state index contributed by atoms with van der Waals surface area (Å²) in [5.41, 5.74) is 0.706. The van der Waals surface area contributed by atoms with Gasteiger partial charge in [-0.1, -0.05) is 0 Å². The van der Waals surface area contributed by atoms with E-state index >= 15 is 0 Å². The van der Waals surface area contributed by atoms with E-state index in [9.17, 15) is 24.8 Å². The number of benzene rings is 2. The number of nitro benzene ring substituents is 1. The first-order valence-electron chi connectivity index (χ1n) is 9.32. The number of phenols is 1. The Bertz CT molecular complexity index is 1140. The van der Waals surface area contributed by atoms with Crippen LogP contribution in [0.2, 0.25) is 0 Å². The van der Waals surface area contributed by atoms with Crippen molar-refractivity contribution in [2.45, 2.75) is 6.92 Å². The van der Waals surface area contributed by atoms with Crippen molar-refractivity contribution in [3.63, 3.8) is 0 Å². The number of rotatable bonds is 6. The Balaban J connectivity index is 1.95. The molecule has 2 aromatic carbocycles. The van der Waals surface area contributed by atoms with Crippen LogP contribution in [0.15, 0.2) is 46.3 Å². The van der Waals surface area contributed by atoms with Gasteiger partial charge >= 0.3 is 11.7 Å². The number of methoxy groups -OCH3 is 2. The molecule has 3 rings (SSSR count). The highest BCUT2D eigenvalue weighted by molar-refractivity contribution is 8.18. The van der Waals surface area contributed by atoms with E-state index in [1.54, 1.807) is 31.2 Å². The van der Waals surface area contributed by atoms with E-state index in [-0.39, 0.29) is 11.7 Å². The smallest absolute Gasteiger partial charge is 0.337 e. The van der Waals surface area contributed by atoms with Crippen LogP contribution in [0.3, 0.4) is 0 Å². The lowest BCUT2D eigenvalue weighted by atomic mass is 10.1. The largest absolute Gasteiger partial charge is 0.500 e. The summed E-state index contributed by atoms with van der Waals surface area (Å²) in [7, 11) is 2.57. The molecular weight excluding hydrogens is 438 g/mol. The highest BCUT2D eigenvalue weighted by Gasteiger charge is 2.32. The maximum atomic E-state index is 12.8. The molecule has 1 amide bonds. The number of thioether (sulfide) groups is 1. The minimum atomic E-state index is -0.729. The highest BCUT2D eigenvalue weighted by Crippen LogP contribution is 2.39. The molecule has 1 N–H and O–H groups in total. The van der Waals surface area contributed by atoms with Crippen molar-refractivity contribution in [3.8, 4) is 11.5 Å². The van der Waals surface area contributed by atoms with Gasteiger partial charge in [-0.15, -0.1) is 0 Å². The van der Waals surface area contributed by atoms with Crippen molar-refractivity contribution >= 4 is 46.3 Å². The number of amides is 1. The van der Waals surface area contributed by atoms with Gasteiger partial charge in [0.1, 0.15) is 0 Å². The van der Waals surface area contributed by atoms with E-state index in [1.807, 2.05) is 0 Å². The summed E-state index contributed by atoms with van der Waals surface area (Å²) in [6, 6.07) is 8.97. The van der Waals surface area contributed by atoms with Crippen LogP contribution in [0.4, 0.5) is 11.4 Å². The number of nitrogens with zero attached hydrogens (tertiary/aromatic N) is 3. The minimum absolute atomic E-state index is 0.0755. The second kappa shape index (κ2) is 9.52. The predicted octanol–water partition coefficient (Wildman–Crippen LogP) is 3.72. The zero-order chi connectivity index (χ0) is 23.4. The fraction of sp³-hybridized carbons (Fsp3) is 0.190. The summed E-state index contributed by atoms with van der Waals surface area (Å²) in [5, 5.41) is 21.6. The van der Waals surface area contributed by atoms with E-state index in [1.165, 1.54) is 31.3 Å². The summed E-state index contributed by atoms with van der Waals surface area (Å²) in [6.45, 7) is 2.16. The van der Waals surface area contributed by atoms with Crippen molar-refractivity contribution in [1.82, 2.24) is 4.90 Å². The van der Waals surface area contributed by atoms with Crippen LogP contribution in [0.5, 0.6) is 11.5 Å². The summed E-state index contributed by atoms with van der Waals surface area (Å²) < 4.78 is 9.67. The normalized spacial score (nSPS) is 16.0. The third kappa shape index (κ3) is 4.57. The number of carbonyl (C=O) groups excluding carboxylic acids is 2. The molecule has 0 aromatic heterocycles. The van der Waals surface area contributed by atoms with Gasteiger partial charge in [0.15, 0.2) is 10.9 Å². The molecule has 166 valence electrons. The van der Waals surface area contributed by atoms with Crippen molar-refractivity contribution < 1.29 is 29.1 Å². The van der Waals surface area contributed by atoms with Crippen LogP contribution in [0.1, 0.15) is 22.8 Å². The molecule has 1 fully saturated rings. The number of aromatic hydroxyl groups is 1. The van der Waals surface area contributed by atoms with Gasteiger partial charge < -0.3 is 14.6 Å². The first kappa shape index (κ1) is 22.8. The molecule has 2 aromatic rings. The summed E-state index contributed by atoms with van der Waals surface area (Å²) in [6.07, 6.45) is 1.48. The van der Waals surface area contributed by atoms with Gasteiger partial charge in [-0.25, -0.2) is 9.79 Å². The second-order valence-corrected chi connectivity index (χ2v) is 7.45. The number of amidine groups is 1. The summed E-state index contributed by atoms with van der Waals surface area (Å²) >= 11 is 1.11. The maximum absolute atomic E-state index is 12.8. The molecule has 1 aliphatic heterocycles. The molecule has 0 atom stereocenters. The predicted molar refractivity (Wildman–Crippen MR) is 119 cm³/mol. The number of nitro groups is 1. The lowest BCUT2D eigenvalue weighted by Gasteiger charge is -2.12. The Morgan fingerprint density at radius 2 is 1.97 bits per heavy atom. The number of esters is 1. The minimum Gasteiger partial charge on any atom is -0.500 e. The van der Waals surface area contributed by atoms with E-state index < -0.39 is 22.3 Å². The van der Waals surface area contributed by atoms with Crippen LogP contribution >= 0.6 is 11.8 Å². The number of likely N-dealkylation sites (N-methyl/N-ethyl adjacent to an activating group) is 1. The number of hydrogen-bond acceptors (Lipinski definition) is 9.